The van der Waals surface area contributed by atoms with E-state index in [2.05, 4.69) is 15.9 Å². The molecule has 1 rings (SSSR count). The highest BCUT2D eigenvalue weighted by molar-refractivity contribution is 9.10. The van der Waals surface area contributed by atoms with Gasteiger partial charge in [-0.2, -0.15) is 0 Å². The van der Waals surface area contributed by atoms with Gasteiger partial charge in [-0.3, -0.25) is 9.69 Å². The number of esters is 1. The van der Waals surface area contributed by atoms with Crippen LogP contribution in [-0.4, -0.2) is 37.5 Å². The number of methoxy groups -OCH3 is 1. The molecule has 98 valence electrons. The molecule has 0 aliphatic heterocycles. The second-order valence-corrected chi connectivity index (χ2v) is 4.77. The molecule has 0 aliphatic rings. The Morgan fingerprint density at radius 1 is 1.39 bits per heavy atom. The van der Waals surface area contributed by atoms with E-state index in [4.69, 9.17) is 10.5 Å². The Hall–Kier alpha value is -1.40. The summed E-state index contributed by atoms with van der Waals surface area (Å²) in [5.41, 5.74) is 5.88. The maximum absolute atomic E-state index is 11.8. The van der Waals surface area contributed by atoms with Crippen molar-refractivity contribution < 1.29 is 14.3 Å². The number of ether oxygens (including phenoxy) is 1. The zero-order valence-corrected chi connectivity index (χ0v) is 11.8. The van der Waals surface area contributed by atoms with Gasteiger partial charge in [-0.05, 0) is 24.7 Å². The summed E-state index contributed by atoms with van der Waals surface area (Å²) in [4.78, 5) is 24.3. The number of nitrogens with two attached hydrogens (primary N) is 1. The van der Waals surface area contributed by atoms with Crippen molar-refractivity contribution in [1.82, 2.24) is 4.90 Å². The summed E-state index contributed by atoms with van der Waals surface area (Å²) in [6.07, 6.45) is 0. The van der Waals surface area contributed by atoms with Gasteiger partial charge in [-0.25, -0.2) is 4.79 Å². The standard InChI is InChI=1S/C12H15BrN2O3/c1-15(7-10(14)16)11(12(17)18-2)8-3-5-9(13)6-4-8/h3-6,11H,7H2,1-2H3,(H2,14,16). The Bertz CT molecular complexity index is 433. The summed E-state index contributed by atoms with van der Waals surface area (Å²) < 4.78 is 5.66. The van der Waals surface area contributed by atoms with Crippen LogP contribution in [-0.2, 0) is 14.3 Å². The highest BCUT2D eigenvalue weighted by Gasteiger charge is 2.26. The molecule has 5 nitrogen and oxygen atoms in total. The van der Waals surface area contributed by atoms with Crippen molar-refractivity contribution >= 4 is 27.8 Å². The number of benzene rings is 1. The molecule has 0 spiro atoms. The lowest BCUT2D eigenvalue weighted by Crippen LogP contribution is -2.37. The van der Waals surface area contributed by atoms with Crippen molar-refractivity contribution in [3.05, 3.63) is 34.3 Å². The Morgan fingerprint density at radius 3 is 2.39 bits per heavy atom. The van der Waals surface area contributed by atoms with Gasteiger partial charge < -0.3 is 10.5 Å². The number of hydrogen-bond acceptors (Lipinski definition) is 4. The predicted octanol–water partition coefficient (Wildman–Crippen LogP) is 1.08. The van der Waals surface area contributed by atoms with E-state index in [9.17, 15) is 9.59 Å². The van der Waals surface area contributed by atoms with E-state index in [0.717, 1.165) is 10.0 Å². The van der Waals surface area contributed by atoms with Gasteiger partial charge in [0.05, 0.1) is 13.7 Å². The molecule has 1 atom stereocenters. The number of primary amides is 1. The number of carbonyl (C=O) groups excluding carboxylic acids is 2. The van der Waals surface area contributed by atoms with E-state index in [1.165, 1.54) is 7.11 Å². The van der Waals surface area contributed by atoms with E-state index in [1.54, 1.807) is 24.1 Å². The summed E-state index contributed by atoms with van der Waals surface area (Å²) in [6.45, 7) is -0.0180. The maximum atomic E-state index is 11.8. The van der Waals surface area contributed by atoms with Gasteiger partial charge in [0.25, 0.3) is 0 Å². The molecule has 0 fully saturated rings. The van der Waals surface area contributed by atoms with Gasteiger partial charge in [-0.15, -0.1) is 0 Å². The summed E-state index contributed by atoms with van der Waals surface area (Å²) in [5, 5.41) is 0. The zero-order valence-electron chi connectivity index (χ0n) is 10.2. The number of nitrogens with zero attached hydrogens (tertiary/aromatic N) is 1. The average molecular weight is 315 g/mol. The molecule has 0 heterocycles. The second kappa shape index (κ2) is 6.51. The minimum absolute atomic E-state index is 0.0180. The topological polar surface area (TPSA) is 72.6 Å². The van der Waals surface area contributed by atoms with Crippen LogP contribution in [0.3, 0.4) is 0 Å². The van der Waals surface area contributed by atoms with Gasteiger partial charge in [0.2, 0.25) is 5.91 Å². The molecule has 0 radical (unpaired) electrons. The third-order valence-electron chi connectivity index (χ3n) is 2.46. The van der Waals surface area contributed by atoms with Gasteiger partial charge in [0.15, 0.2) is 0 Å². The summed E-state index contributed by atoms with van der Waals surface area (Å²) in [5.74, 6) is -0.926. The number of likely N-dealkylation sites (N-methyl/N-ethyl adjacent to an activating group) is 1. The Morgan fingerprint density at radius 2 is 1.94 bits per heavy atom. The molecule has 0 bridgehead atoms. The maximum Gasteiger partial charge on any atom is 0.327 e. The lowest BCUT2D eigenvalue weighted by Gasteiger charge is -2.25. The van der Waals surface area contributed by atoms with E-state index in [-0.39, 0.29) is 6.54 Å². The van der Waals surface area contributed by atoms with Gasteiger partial charge >= 0.3 is 5.97 Å². The number of amides is 1. The van der Waals surface area contributed by atoms with Crippen LogP contribution in [0.1, 0.15) is 11.6 Å². The molecule has 18 heavy (non-hydrogen) atoms. The van der Waals surface area contributed by atoms with Crippen LogP contribution in [0.2, 0.25) is 0 Å². The minimum atomic E-state index is -0.643. The van der Waals surface area contributed by atoms with Crippen LogP contribution in [0.15, 0.2) is 28.7 Å². The minimum Gasteiger partial charge on any atom is -0.468 e. The van der Waals surface area contributed by atoms with Crippen LogP contribution in [0, 0.1) is 0 Å². The quantitative estimate of drug-likeness (QED) is 0.825. The fourth-order valence-electron chi connectivity index (χ4n) is 1.66. The van der Waals surface area contributed by atoms with E-state index >= 15 is 0 Å². The molecule has 1 aromatic rings. The van der Waals surface area contributed by atoms with Gasteiger partial charge in [-0.1, -0.05) is 28.1 Å². The second-order valence-electron chi connectivity index (χ2n) is 3.86. The zero-order chi connectivity index (χ0) is 13.7. The molecule has 1 amide bonds. The van der Waals surface area contributed by atoms with Crippen LogP contribution in [0.4, 0.5) is 0 Å². The number of halogens is 1. The fourth-order valence-corrected chi connectivity index (χ4v) is 1.93. The van der Waals surface area contributed by atoms with Crippen LogP contribution in [0.5, 0.6) is 0 Å². The molecular formula is C12H15BrN2O3. The van der Waals surface area contributed by atoms with Crippen molar-refractivity contribution in [2.45, 2.75) is 6.04 Å². The van der Waals surface area contributed by atoms with Crippen molar-refractivity contribution in [3.8, 4) is 0 Å². The molecule has 1 unspecified atom stereocenters. The van der Waals surface area contributed by atoms with E-state index < -0.39 is 17.9 Å². The molecule has 1 aromatic carbocycles. The third kappa shape index (κ3) is 3.82. The van der Waals surface area contributed by atoms with Crippen LogP contribution in [0.25, 0.3) is 0 Å². The Balaban J connectivity index is 3.01. The smallest absolute Gasteiger partial charge is 0.327 e. The van der Waals surface area contributed by atoms with E-state index in [0.29, 0.717) is 0 Å². The lowest BCUT2D eigenvalue weighted by atomic mass is 10.1. The molecule has 0 aliphatic carbocycles. The monoisotopic (exact) mass is 314 g/mol. The molecule has 6 heteroatoms. The average Bonchev–Trinajstić information content (AvgIpc) is 2.30. The lowest BCUT2D eigenvalue weighted by molar-refractivity contribution is -0.147. The van der Waals surface area contributed by atoms with E-state index in [1.807, 2.05) is 12.1 Å². The third-order valence-corrected chi connectivity index (χ3v) is 2.98. The summed E-state index contributed by atoms with van der Waals surface area (Å²) in [7, 11) is 2.96. The van der Waals surface area contributed by atoms with Crippen LogP contribution < -0.4 is 5.73 Å². The first kappa shape index (κ1) is 14.7. The first-order chi connectivity index (χ1) is 8.45. The summed E-state index contributed by atoms with van der Waals surface area (Å²) in [6, 6.07) is 6.59. The number of carbonyl (C=O) groups is 2. The van der Waals surface area contributed by atoms with Crippen molar-refractivity contribution in [3.63, 3.8) is 0 Å². The Kier molecular flexibility index (Phi) is 5.30. The molecule has 0 saturated heterocycles. The fraction of sp³-hybridized carbons (Fsp3) is 0.333. The highest BCUT2D eigenvalue weighted by atomic mass is 79.9. The largest absolute Gasteiger partial charge is 0.468 e. The van der Waals surface area contributed by atoms with Crippen molar-refractivity contribution in [1.29, 1.82) is 0 Å². The van der Waals surface area contributed by atoms with Crippen LogP contribution >= 0.6 is 15.9 Å². The first-order valence-corrected chi connectivity index (χ1v) is 6.07. The normalized spacial score (nSPS) is 12.2. The van der Waals surface area contributed by atoms with Gasteiger partial charge in [0, 0.05) is 4.47 Å². The number of rotatable bonds is 5. The summed E-state index contributed by atoms with van der Waals surface area (Å²) >= 11 is 3.32. The first-order valence-electron chi connectivity index (χ1n) is 5.27. The molecular weight excluding hydrogens is 300 g/mol. The predicted molar refractivity (Wildman–Crippen MR) is 70.7 cm³/mol. The molecule has 0 saturated carbocycles. The van der Waals surface area contributed by atoms with Gasteiger partial charge in [0.1, 0.15) is 6.04 Å². The SMILES string of the molecule is COC(=O)C(c1ccc(Br)cc1)N(C)CC(N)=O. The highest BCUT2D eigenvalue weighted by Crippen LogP contribution is 2.22. The van der Waals surface area contributed by atoms with Crippen molar-refractivity contribution in [2.75, 3.05) is 20.7 Å². The number of hydrogen-bond donors (Lipinski definition) is 1. The molecule has 0 aromatic heterocycles. The van der Waals surface area contributed by atoms with Crippen molar-refractivity contribution in [2.24, 2.45) is 5.73 Å². The Labute approximate surface area is 114 Å². The molecule has 2 N–H and O–H groups in total.